The van der Waals surface area contributed by atoms with Crippen molar-refractivity contribution in [3.05, 3.63) is 51.1 Å². The van der Waals surface area contributed by atoms with E-state index >= 15 is 0 Å². The Bertz CT molecular complexity index is 1140. The van der Waals surface area contributed by atoms with Crippen LogP contribution in [0.1, 0.15) is 12.5 Å². The summed E-state index contributed by atoms with van der Waals surface area (Å²) < 4.78 is 16.4. The van der Waals surface area contributed by atoms with E-state index in [1.165, 1.54) is 31.4 Å². The molecule has 0 aromatic heterocycles. The topological polar surface area (TPSA) is 131 Å². The number of amides is 4. The van der Waals surface area contributed by atoms with Crippen molar-refractivity contribution < 1.29 is 38.5 Å². The molecule has 2 N–H and O–H groups in total. The summed E-state index contributed by atoms with van der Waals surface area (Å²) >= 11 is 1.92. The van der Waals surface area contributed by atoms with Crippen molar-refractivity contribution in [1.29, 1.82) is 0 Å². The number of barbiturate groups is 1. The Morgan fingerprint density at radius 1 is 1.15 bits per heavy atom. The first-order valence-corrected chi connectivity index (χ1v) is 10.7. The van der Waals surface area contributed by atoms with Gasteiger partial charge in [-0.25, -0.2) is 14.5 Å². The molecule has 1 aliphatic heterocycles. The first-order chi connectivity index (χ1) is 15.7. The summed E-state index contributed by atoms with van der Waals surface area (Å²) in [6, 6.07) is 8.52. The highest BCUT2D eigenvalue weighted by Crippen LogP contribution is 2.35. The van der Waals surface area contributed by atoms with Crippen LogP contribution in [0, 0.1) is 3.57 Å². The van der Waals surface area contributed by atoms with Crippen LogP contribution in [0.2, 0.25) is 0 Å². The lowest BCUT2D eigenvalue weighted by molar-refractivity contribution is -0.139. The molecule has 0 unspecified atom stereocenters. The van der Waals surface area contributed by atoms with Gasteiger partial charge in [-0.05, 0) is 77.6 Å². The Labute approximate surface area is 202 Å². The zero-order valence-corrected chi connectivity index (χ0v) is 19.7. The Balaban J connectivity index is 1.95. The number of carbonyl (C=O) groups is 4. The number of carboxylic acids is 1. The maximum Gasteiger partial charge on any atom is 0.341 e. The number of methoxy groups -OCH3 is 1. The van der Waals surface area contributed by atoms with Gasteiger partial charge in [0.15, 0.2) is 18.1 Å². The second-order valence-corrected chi connectivity index (χ2v) is 7.76. The third-order valence-electron chi connectivity index (χ3n) is 4.41. The van der Waals surface area contributed by atoms with Crippen molar-refractivity contribution >= 4 is 58.2 Å². The van der Waals surface area contributed by atoms with Crippen molar-refractivity contribution in [2.45, 2.75) is 6.92 Å². The molecular formula is C22H19IN2O8. The highest BCUT2D eigenvalue weighted by atomic mass is 127. The number of carboxylic acid groups (broad SMARTS) is 1. The fraction of sp³-hybridized carbons (Fsp3) is 0.182. The third kappa shape index (κ3) is 5.42. The first-order valence-electron chi connectivity index (χ1n) is 9.61. The standard InChI is InChI=1S/C22H19IN2O8/c1-3-32-14-6-4-13(5-7-14)25-21(29)15(20(28)24-22(25)30)8-12-9-16(23)19(17(10-12)31-2)33-11-18(26)27/h4-10H,3,11H2,1-2H3,(H,26,27)(H,24,28,30)/b15-8+. The molecule has 3 rings (SSSR count). The molecule has 2 aromatic rings. The minimum atomic E-state index is -1.15. The van der Waals surface area contributed by atoms with E-state index in [-0.39, 0.29) is 22.8 Å². The SMILES string of the molecule is CCOc1ccc(N2C(=O)NC(=O)/C(=C\c3cc(I)c(OCC(=O)O)c(OC)c3)C2=O)cc1. The second kappa shape index (κ2) is 10.3. The Morgan fingerprint density at radius 2 is 1.85 bits per heavy atom. The van der Waals surface area contributed by atoms with Gasteiger partial charge in [0.25, 0.3) is 11.8 Å². The number of nitrogens with zero attached hydrogens (tertiary/aromatic N) is 1. The second-order valence-electron chi connectivity index (χ2n) is 6.60. The molecule has 1 aliphatic rings. The van der Waals surface area contributed by atoms with E-state index in [9.17, 15) is 19.2 Å². The summed E-state index contributed by atoms with van der Waals surface area (Å²) in [5.41, 5.74) is 0.419. The number of urea groups is 1. The van der Waals surface area contributed by atoms with Gasteiger partial charge in [-0.2, -0.15) is 0 Å². The minimum absolute atomic E-state index is 0.216. The van der Waals surface area contributed by atoms with E-state index in [1.807, 2.05) is 29.5 Å². The Hall–Kier alpha value is -3.61. The van der Waals surface area contributed by atoms with E-state index in [0.717, 1.165) is 4.90 Å². The van der Waals surface area contributed by atoms with E-state index in [1.54, 1.807) is 18.2 Å². The van der Waals surface area contributed by atoms with Crippen LogP contribution in [0.3, 0.4) is 0 Å². The summed E-state index contributed by atoms with van der Waals surface area (Å²) in [6.45, 7) is 1.73. The summed E-state index contributed by atoms with van der Waals surface area (Å²) in [4.78, 5) is 49.5. The average molecular weight is 566 g/mol. The van der Waals surface area contributed by atoms with Crippen LogP contribution in [0.4, 0.5) is 10.5 Å². The lowest BCUT2D eigenvalue weighted by Crippen LogP contribution is -2.54. The van der Waals surface area contributed by atoms with Gasteiger partial charge in [0.1, 0.15) is 11.3 Å². The number of ether oxygens (including phenoxy) is 3. The highest BCUT2D eigenvalue weighted by Gasteiger charge is 2.36. The number of carbonyl (C=O) groups excluding carboxylic acids is 3. The first kappa shape index (κ1) is 24.0. The van der Waals surface area contributed by atoms with Gasteiger partial charge in [-0.15, -0.1) is 0 Å². The highest BCUT2D eigenvalue weighted by molar-refractivity contribution is 14.1. The number of nitrogens with one attached hydrogen (secondary N) is 1. The molecule has 11 heteroatoms. The molecule has 172 valence electrons. The monoisotopic (exact) mass is 566 g/mol. The number of benzene rings is 2. The number of anilines is 1. The minimum Gasteiger partial charge on any atom is -0.494 e. The molecule has 1 saturated heterocycles. The maximum absolute atomic E-state index is 13.1. The normalized spacial score (nSPS) is 14.8. The molecule has 0 spiro atoms. The maximum atomic E-state index is 13.1. The van der Waals surface area contributed by atoms with Crippen LogP contribution in [-0.4, -0.2) is 49.2 Å². The number of rotatable bonds is 8. The molecule has 1 heterocycles. The molecule has 0 radical (unpaired) electrons. The Kier molecular flexibility index (Phi) is 7.53. The van der Waals surface area contributed by atoms with Crippen LogP contribution < -0.4 is 24.4 Å². The molecule has 10 nitrogen and oxygen atoms in total. The summed E-state index contributed by atoms with van der Waals surface area (Å²) in [5, 5.41) is 11.0. The van der Waals surface area contributed by atoms with E-state index in [2.05, 4.69) is 5.32 Å². The molecule has 2 aromatic carbocycles. The van der Waals surface area contributed by atoms with Gasteiger partial charge in [0, 0.05) is 0 Å². The van der Waals surface area contributed by atoms with Crippen LogP contribution >= 0.6 is 22.6 Å². The predicted molar refractivity (Wildman–Crippen MR) is 125 cm³/mol. The van der Waals surface area contributed by atoms with Crippen molar-refractivity contribution in [2.75, 3.05) is 25.2 Å². The number of aliphatic carboxylic acids is 1. The van der Waals surface area contributed by atoms with Crippen LogP contribution in [0.15, 0.2) is 42.0 Å². The van der Waals surface area contributed by atoms with E-state index in [0.29, 0.717) is 21.5 Å². The molecule has 33 heavy (non-hydrogen) atoms. The fourth-order valence-electron chi connectivity index (χ4n) is 3.01. The van der Waals surface area contributed by atoms with Crippen molar-refractivity contribution in [1.82, 2.24) is 5.32 Å². The third-order valence-corrected chi connectivity index (χ3v) is 5.21. The van der Waals surface area contributed by atoms with Crippen molar-refractivity contribution in [2.24, 2.45) is 0 Å². The Morgan fingerprint density at radius 3 is 2.45 bits per heavy atom. The van der Waals surface area contributed by atoms with Crippen molar-refractivity contribution in [3.63, 3.8) is 0 Å². The van der Waals surface area contributed by atoms with Crippen LogP contribution in [-0.2, 0) is 14.4 Å². The van der Waals surface area contributed by atoms with Crippen LogP contribution in [0.5, 0.6) is 17.2 Å². The molecule has 0 aliphatic carbocycles. The molecular weight excluding hydrogens is 547 g/mol. The van der Waals surface area contributed by atoms with E-state index < -0.39 is 30.4 Å². The quantitative estimate of drug-likeness (QED) is 0.284. The van der Waals surface area contributed by atoms with Gasteiger partial charge in [-0.1, -0.05) is 0 Å². The van der Waals surface area contributed by atoms with Gasteiger partial charge < -0.3 is 19.3 Å². The van der Waals surface area contributed by atoms with Crippen LogP contribution in [0.25, 0.3) is 6.08 Å². The van der Waals surface area contributed by atoms with Gasteiger partial charge in [0.2, 0.25) is 0 Å². The van der Waals surface area contributed by atoms with Gasteiger partial charge >= 0.3 is 12.0 Å². The zero-order valence-electron chi connectivity index (χ0n) is 17.6. The molecule has 0 bridgehead atoms. The molecule has 1 fully saturated rings. The van der Waals surface area contributed by atoms with Gasteiger partial charge in [0.05, 0.1) is 23.0 Å². The number of imide groups is 2. The summed E-state index contributed by atoms with van der Waals surface area (Å²) in [7, 11) is 1.38. The zero-order chi connectivity index (χ0) is 24.1. The molecule has 4 amide bonds. The number of hydrogen-bond acceptors (Lipinski definition) is 7. The number of halogens is 1. The average Bonchev–Trinajstić information content (AvgIpc) is 2.76. The largest absolute Gasteiger partial charge is 0.494 e. The lowest BCUT2D eigenvalue weighted by Gasteiger charge is -2.26. The molecule has 0 atom stereocenters. The van der Waals surface area contributed by atoms with Crippen molar-refractivity contribution in [3.8, 4) is 17.2 Å². The molecule has 0 saturated carbocycles. The summed E-state index contributed by atoms with van der Waals surface area (Å²) in [6.07, 6.45) is 1.32. The lowest BCUT2D eigenvalue weighted by atomic mass is 10.1. The fourth-order valence-corrected chi connectivity index (χ4v) is 3.79. The smallest absolute Gasteiger partial charge is 0.341 e. The predicted octanol–water partition coefficient (Wildman–Crippen LogP) is 2.83. The van der Waals surface area contributed by atoms with Gasteiger partial charge in [-0.3, -0.25) is 14.9 Å². The van der Waals surface area contributed by atoms with E-state index in [4.69, 9.17) is 19.3 Å². The number of hydrogen-bond donors (Lipinski definition) is 2. The summed E-state index contributed by atoms with van der Waals surface area (Å²) in [5.74, 6) is -1.78.